The largest absolute Gasteiger partial charge is 0.481 e. The van der Waals surface area contributed by atoms with Crippen LogP contribution in [0.25, 0.3) is 10.2 Å². The summed E-state index contributed by atoms with van der Waals surface area (Å²) in [6, 6.07) is 13.5. The molecule has 0 spiro atoms. The number of nitro benzene ring substituents is 1. The van der Waals surface area contributed by atoms with Crippen LogP contribution in [-0.4, -0.2) is 21.9 Å². The number of hydrogen-bond donors (Lipinski definition) is 1. The molecule has 25 heavy (non-hydrogen) atoms. The summed E-state index contributed by atoms with van der Waals surface area (Å²) in [5, 5.41) is 13.9. The highest BCUT2D eigenvalue weighted by atomic mass is 32.1. The molecule has 0 bridgehead atoms. The van der Waals surface area contributed by atoms with Gasteiger partial charge in [0.1, 0.15) is 5.75 Å². The molecule has 3 aromatic rings. The number of anilines is 1. The molecule has 0 aliphatic rings. The van der Waals surface area contributed by atoms with Crippen molar-refractivity contribution in [1.29, 1.82) is 0 Å². The van der Waals surface area contributed by atoms with E-state index in [0.717, 1.165) is 0 Å². The molecule has 0 saturated heterocycles. The Morgan fingerprint density at radius 1 is 1.32 bits per heavy atom. The number of nitro groups is 1. The van der Waals surface area contributed by atoms with Crippen LogP contribution in [-0.2, 0) is 4.79 Å². The topological polar surface area (TPSA) is 94.4 Å². The zero-order valence-corrected chi connectivity index (χ0v) is 14.2. The molecule has 1 amide bonds. The lowest BCUT2D eigenvalue weighted by Crippen LogP contribution is -2.32. The van der Waals surface area contributed by atoms with Crippen LogP contribution in [0.2, 0.25) is 0 Å². The first-order valence-corrected chi connectivity index (χ1v) is 8.46. The quantitative estimate of drug-likeness (QED) is 0.531. The molecule has 1 heterocycles. The lowest BCUT2D eigenvalue weighted by molar-refractivity contribution is -0.384. The number of fused-ring (bicyclic) bond motifs is 1. The number of nitrogens with one attached hydrogen (secondary N) is 1. The number of hydrogen-bond acceptors (Lipinski definition) is 6. The van der Waals surface area contributed by atoms with Gasteiger partial charge in [0.25, 0.3) is 11.6 Å². The second kappa shape index (κ2) is 7.27. The number of carbonyl (C=O) groups excluding carboxylic acids is 1. The van der Waals surface area contributed by atoms with E-state index in [-0.39, 0.29) is 11.6 Å². The second-order valence-electron chi connectivity index (χ2n) is 5.25. The first-order chi connectivity index (χ1) is 12.1. The number of non-ortho nitro benzene ring substituents is 1. The van der Waals surface area contributed by atoms with E-state index in [9.17, 15) is 14.9 Å². The van der Waals surface area contributed by atoms with Crippen molar-refractivity contribution in [2.45, 2.75) is 19.4 Å². The Labute approximate surface area is 147 Å². The molecule has 128 valence electrons. The van der Waals surface area contributed by atoms with Gasteiger partial charge >= 0.3 is 0 Å². The van der Waals surface area contributed by atoms with Crippen LogP contribution >= 0.6 is 11.3 Å². The fourth-order valence-electron chi connectivity index (χ4n) is 2.25. The molecule has 0 aliphatic carbocycles. The lowest BCUT2D eigenvalue weighted by atomic mass is 10.2. The summed E-state index contributed by atoms with van der Waals surface area (Å²) in [5.41, 5.74) is 0.593. The molecule has 2 aromatic carbocycles. The van der Waals surface area contributed by atoms with Gasteiger partial charge in [0.2, 0.25) is 0 Å². The van der Waals surface area contributed by atoms with Crippen molar-refractivity contribution in [2.24, 2.45) is 0 Å². The third-order valence-electron chi connectivity index (χ3n) is 3.50. The number of aromatic nitrogens is 1. The number of para-hydroxylation sites is 1. The summed E-state index contributed by atoms with van der Waals surface area (Å²) in [5.74, 6) is 0.310. The number of rotatable bonds is 6. The maximum absolute atomic E-state index is 12.4. The van der Waals surface area contributed by atoms with Gasteiger partial charge in [-0.05, 0) is 24.6 Å². The summed E-state index contributed by atoms with van der Waals surface area (Å²) in [4.78, 5) is 27.1. The van der Waals surface area contributed by atoms with E-state index in [4.69, 9.17) is 4.74 Å². The Kier molecular flexibility index (Phi) is 4.90. The van der Waals surface area contributed by atoms with Crippen molar-refractivity contribution in [3.63, 3.8) is 0 Å². The Morgan fingerprint density at radius 3 is 2.76 bits per heavy atom. The van der Waals surface area contributed by atoms with Gasteiger partial charge in [0, 0.05) is 12.1 Å². The van der Waals surface area contributed by atoms with Crippen molar-refractivity contribution in [3.05, 3.63) is 58.6 Å². The summed E-state index contributed by atoms with van der Waals surface area (Å²) in [7, 11) is 0. The first kappa shape index (κ1) is 16.8. The summed E-state index contributed by atoms with van der Waals surface area (Å²) in [6.07, 6.45) is -0.152. The number of thiazole rings is 1. The van der Waals surface area contributed by atoms with E-state index in [0.29, 0.717) is 27.5 Å². The van der Waals surface area contributed by atoms with Crippen molar-refractivity contribution in [1.82, 2.24) is 4.98 Å². The van der Waals surface area contributed by atoms with Gasteiger partial charge in [-0.15, -0.1) is 0 Å². The highest BCUT2D eigenvalue weighted by molar-refractivity contribution is 7.22. The maximum Gasteiger partial charge on any atom is 0.270 e. The van der Waals surface area contributed by atoms with Crippen molar-refractivity contribution in [3.8, 4) is 5.75 Å². The summed E-state index contributed by atoms with van der Waals surface area (Å²) >= 11 is 1.19. The smallest absolute Gasteiger partial charge is 0.270 e. The van der Waals surface area contributed by atoms with Crippen molar-refractivity contribution in [2.75, 3.05) is 5.32 Å². The third kappa shape index (κ3) is 3.92. The molecule has 7 nitrogen and oxygen atoms in total. The standard InChI is InChI=1S/C17H15N3O4S/c1-2-14(24-12-6-4-3-5-7-12)16(21)19-17-18-13-9-8-11(20(22)23)10-15(13)25-17/h3-10,14H,2H2,1H3,(H,18,19,21). The normalized spacial score (nSPS) is 11.9. The Bertz CT molecular complexity index is 911. The zero-order valence-electron chi connectivity index (χ0n) is 13.3. The molecular weight excluding hydrogens is 342 g/mol. The minimum Gasteiger partial charge on any atom is -0.481 e. The van der Waals surface area contributed by atoms with E-state index >= 15 is 0 Å². The third-order valence-corrected chi connectivity index (χ3v) is 4.43. The molecule has 3 rings (SSSR count). The molecule has 1 unspecified atom stereocenters. The molecule has 1 aromatic heterocycles. The fourth-order valence-corrected chi connectivity index (χ4v) is 3.15. The molecular formula is C17H15N3O4S. The van der Waals surface area contributed by atoms with Crippen LogP contribution in [0.4, 0.5) is 10.8 Å². The molecule has 0 fully saturated rings. The van der Waals surface area contributed by atoms with Gasteiger partial charge in [0.15, 0.2) is 11.2 Å². The van der Waals surface area contributed by atoms with Gasteiger partial charge in [-0.25, -0.2) is 4.98 Å². The fraction of sp³-hybridized carbons (Fsp3) is 0.176. The number of amides is 1. The average molecular weight is 357 g/mol. The van der Waals surface area contributed by atoms with E-state index < -0.39 is 11.0 Å². The molecule has 8 heteroatoms. The highest BCUT2D eigenvalue weighted by Crippen LogP contribution is 2.29. The molecule has 1 atom stereocenters. The Balaban J connectivity index is 1.75. The Morgan fingerprint density at radius 2 is 2.08 bits per heavy atom. The maximum atomic E-state index is 12.4. The summed E-state index contributed by atoms with van der Waals surface area (Å²) in [6.45, 7) is 1.86. The van der Waals surface area contributed by atoms with E-state index in [2.05, 4.69) is 10.3 Å². The van der Waals surface area contributed by atoms with Gasteiger partial charge in [-0.3, -0.25) is 20.2 Å². The summed E-state index contributed by atoms with van der Waals surface area (Å²) < 4.78 is 6.34. The molecule has 1 N–H and O–H groups in total. The molecule has 0 saturated carbocycles. The van der Waals surface area contributed by atoms with Gasteiger partial charge in [-0.2, -0.15) is 0 Å². The molecule has 0 radical (unpaired) electrons. The predicted octanol–water partition coefficient (Wildman–Crippen LogP) is 4.00. The van der Waals surface area contributed by atoms with Crippen LogP contribution < -0.4 is 10.1 Å². The molecule has 0 aliphatic heterocycles. The minimum atomic E-state index is -0.649. The van der Waals surface area contributed by atoms with Gasteiger partial charge in [-0.1, -0.05) is 36.5 Å². The zero-order chi connectivity index (χ0) is 17.8. The van der Waals surface area contributed by atoms with Crippen LogP contribution in [0.1, 0.15) is 13.3 Å². The van der Waals surface area contributed by atoms with Crippen LogP contribution in [0.3, 0.4) is 0 Å². The average Bonchev–Trinajstić information content (AvgIpc) is 3.01. The van der Waals surface area contributed by atoms with Gasteiger partial charge in [0.05, 0.1) is 15.1 Å². The van der Waals surface area contributed by atoms with E-state index in [1.165, 1.54) is 23.5 Å². The number of benzene rings is 2. The van der Waals surface area contributed by atoms with Crippen LogP contribution in [0.15, 0.2) is 48.5 Å². The first-order valence-electron chi connectivity index (χ1n) is 7.64. The van der Waals surface area contributed by atoms with E-state index in [1.54, 1.807) is 18.2 Å². The number of carbonyl (C=O) groups is 1. The van der Waals surface area contributed by atoms with Crippen LogP contribution in [0, 0.1) is 10.1 Å². The SMILES string of the molecule is CCC(Oc1ccccc1)C(=O)Nc1nc2ccc([N+](=O)[O-])cc2s1. The monoisotopic (exact) mass is 357 g/mol. The van der Waals surface area contributed by atoms with Crippen LogP contribution in [0.5, 0.6) is 5.75 Å². The second-order valence-corrected chi connectivity index (χ2v) is 6.28. The predicted molar refractivity (Wildman–Crippen MR) is 96.1 cm³/mol. The minimum absolute atomic E-state index is 0.00660. The number of ether oxygens (including phenoxy) is 1. The highest BCUT2D eigenvalue weighted by Gasteiger charge is 2.20. The van der Waals surface area contributed by atoms with E-state index in [1.807, 2.05) is 25.1 Å². The number of nitrogens with zero attached hydrogens (tertiary/aromatic N) is 2. The van der Waals surface area contributed by atoms with Crippen molar-refractivity contribution < 1.29 is 14.5 Å². The van der Waals surface area contributed by atoms with Gasteiger partial charge < -0.3 is 4.74 Å². The lowest BCUT2D eigenvalue weighted by Gasteiger charge is -2.16. The van der Waals surface area contributed by atoms with Crippen molar-refractivity contribution >= 4 is 38.3 Å². The Hall–Kier alpha value is -3.00.